The molecule has 2 heterocycles. The molecule has 2 atom stereocenters. The maximum Gasteiger partial charge on any atom is 0.342 e. The minimum Gasteiger partial charge on any atom is -0.450 e. The molecule has 2 unspecified atom stereocenters. The number of alkyl halides is 2. The van der Waals surface area contributed by atoms with E-state index in [1.165, 1.54) is 17.9 Å². The van der Waals surface area contributed by atoms with Crippen LogP contribution < -0.4 is 0 Å². The number of pyridine rings is 1. The molecule has 0 radical (unpaired) electrons. The zero-order chi connectivity index (χ0) is 18.0. The summed E-state index contributed by atoms with van der Waals surface area (Å²) in [5.74, 6) is -0.561. The van der Waals surface area contributed by atoms with Crippen molar-refractivity contribution >= 4 is 5.97 Å². The van der Waals surface area contributed by atoms with Crippen molar-refractivity contribution in [2.75, 3.05) is 0 Å². The summed E-state index contributed by atoms with van der Waals surface area (Å²) in [7, 11) is 1.51. The first-order chi connectivity index (χ1) is 11.8. The van der Waals surface area contributed by atoms with Crippen molar-refractivity contribution in [1.82, 2.24) is 14.8 Å². The molecule has 2 aliphatic rings. The fraction of sp³-hybridized carbons (Fsp3) is 0.500. The number of aromatic nitrogens is 3. The van der Waals surface area contributed by atoms with E-state index >= 15 is 0 Å². The SMILES string of the molecule is Cn1cc(C(=O)OC23CCC(c4ncccc42)C3(C)C)c(C(F)F)n1. The van der Waals surface area contributed by atoms with Crippen LogP contribution in [0.1, 0.15) is 66.3 Å². The van der Waals surface area contributed by atoms with Gasteiger partial charge in [0.1, 0.15) is 16.9 Å². The van der Waals surface area contributed by atoms with Crippen LogP contribution in [0, 0.1) is 5.41 Å². The smallest absolute Gasteiger partial charge is 0.342 e. The molecule has 5 nitrogen and oxygen atoms in total. The molecular weight excluding hydrogens is 328 g/mol. The zero-order valence-electron chi connectivity index (χ0n) is 14.3. The van der Waals surface area contributed by atoms with Gasteiger partial charge in [0.05, 0.1) is 5.69 Å². The summed E-state index contributed by atoms with van der Waals surface area (Å²) >= 11 is 0. The molecule has 0 amide bonds. The number of nitrogens with zero attached hydrogens (tertiary/aromatic N) is 3. The molecule has 0 spiro atoms. The second kappa shape index (κ2) is 5.09. The molecule has 132 valence electrons. The highest BCUT2D eigenvalue weighted by Gasteiger charge is 2.65. The van der Waals surface area contributed by atoms with Gasteiger partial charge in [-0.25, -0.2) is 13.6 Å². The Morgan fingerprint density at radius 2 is 2.20 bits per heavy atom. The van der Waals surface area contributed by atoms with Gasteiger partial charge in [-0.3, -0.25) is 9.67 Å². The lowest BCUT2D eigenvalue weighted by molar-refractivity contribution is -0.0685. The first-order valence-corrected chi connectivity index (χ1v) is 8.28. The summed E-state index contributed by atoms with van der Waals surface area (Å²) in [6.45, 7) is 4.10. The van der Waals surface area contributed by atoms with Crippen LogP contribution in [0.15, 0.2) is 24.5 Å². The lowest BCUT2D eigenvalue weighted by Crippen LogP contribution is -2.39. The molecule has 0 aromatic carbocycles. The number of ether oxygens (including phenoxy) is 1. The van der Waals surface area contributed by atoms with Gasteiger partial charge in [0, 0.05) is 36.3 Å². The van der Waals surface area contributed by atoms with Crippen molar-refractivity contribution in [3.63, 3.8) is 0 Å². The minimum atomic E-state index is -2.83. The second-order valence-corrected chi connectivity index (χ2v) is 7.37. The van der Waals surface area contributed by atoms with Crippen LogP contribution in [0.4, 0.5) is 8.78 Å². The standard InChI is InChI=1S/C18H19F2N3O2/c1-17(2)11-6-7-18(17,12-5-4-8-21-14(11)12)25-16(24)10-9-23(3)22-13(10)15(19)20/h4-5,8-9,11,15H,6-7H2,1-3H3. The van der Waals surface area contributed by atoms with E-state index in [9.17, 15) is 13.6 Å². The Morgan fingerprint density at radius 3 is 2.92 bits per heavy atom. The molecule has 1 fully saturated rings. The molecule has 2 bridgehead atoms. The largest absolute Gasteiger partial charge is 0.450 e. The molecule has 2 aliphatic carbocycles. The van der Waals surface area contributed by atoms with E-state index in [4.69, 9.17) is 4.74 Å². The molecule has 0 N–H and O–H groups in total. The van der Waals surface area contributed by atoms with Gasteiger partial charge in [-0.1, -0.05) is 19.9 Å². The first kappa shape index (κ1) is 16.2. The topological polar surface area (TPSA) is 57.0 Å². The highest BCUT2D eigenvalue weighted by molar-refractivity contribution is 5.91. The molecule has 0 aliphatic heterocycles. The fourth-order valence-electron chi connectivity index (χ4n) is 4.58. The molecule has 2 aromatic rings. The number of esters is 1. The highest BCUT2D eigenvalue weighted by atomic mass is 19.3. The third kappa shape index (κ3) is 2.01. The van der Waals surface area contributed by atoms with E-state index in [-0.39, 0.29) is 16.9 Å². The van der Waals surface area contributed by atoms with Crippen molar-refractivity contribution in [1.29, 1.82) is 0 Å². The van der Waals surface area contributed by atoms with Gasteiger partial charge >= 0.3 is 5.97 Å². The van der Waals surface area contributed by atoms with Crippen molar-refractivity contribution in [2.45, 2.75) is 44.6 Å². The number of hydrogen-bond donors (Lipinski definition) is 0. The molecule has 4 rings (SSSR count). The van der Waals surface area contributed by atoms with Gasteiger partial charge in [-0.05, 0) is 18.9 Å². The molecule has 25 heavy (non-hydrogen) atoms. The molecule has 0 saturated heterocycles. The first-order valence-electron chi connectivity index (χ1n) is 8.28. The zero-order valence-corrected chi connectivity index (χ0v) is 14.3. The van der Waals surface area contributed by atoms with Crippen LogP contribution in [-0.4, -0.2) is 20.7 Å². The van der Waals surface area contributed by atoms with Crippen LogP contribution in [0.5, 0.6) is 0 Å². The fourth-order valence-corrected chi connectivity index (χ4v) is 4.58. The number of halogens is 2. The quantitative estimate of drug-likeness (QED) is 0.794. The number of carbonyl (C=O) groups is 1. The predicted molar refractivity (Wildman–Crippen MR) is 85.3 cm³/mol. The molecule has 7 heteroatoms. The van der Waals surface area contributed by atoms with Crippen LogP contribution in [0.25, 0.3) is 0 Å². The van der Waals surface area contributed by atoms with Crippen LogP contribution in [0.2, 0.25) is 0 Å². The lowest BCUT2D eigenvalue weighted by Gasteiger charge is -2.37. The molecule has 2 aromatic heterocycles. The summed E-state index contributed by atoms with van der Waals surface area (Å²) in [6.07, 6.45) is 1.72. The third-order valence-corrected chi connectivity index (χ3v) is 5.85. The number of hydrogen-bond acceptors (Lipinski definition) is 4. The monoisotopic (exact) mass is 347 g/mol. The summed E-state index contributed by atoms with van der Waals surface area (Å²) in [4.78, 5) is 17.3. The summed E-state index contributed by atoms with van der Waals surface area (Å²) in [5, 5.41) is 3.70. The Hall–Kier alpha value is -2.31. The van der Waals surface area contributed by atoms with Crippen molar-refractivity contribution in [3.8, 4) is 0 Å². The molecule has 1 saturated carbocycles. The number of rotatable bonds is 3. The van der Waals surface area contributed by atoms with Crippen LogP contribution in [0.3, 0.4) is 0 Å². The van der Waals surface area contributed by atoms with Crippen molar-refractivity contribution in [3.05, 3.63) is 47.0 Å². The highest BCUT2D eigenvalue weighted by Crippen LogP contribution is 2.67. The Morgan fingerprint density at radius 1 is 1.44 bits per heavy atom. The number of fused-ring (bicyclic) bond motifs is 5. The minimum absolute atomic E-state index is 0.177. The maximum absolute atomic E-state index is 13.2. The Labute approximate surface area is 144 Å². The van der Waals surface area contributed by atoms with E-state index in [1.807, 2.05) is 12.1 Å². The van der Waals surface area contributed by atoms with Gasteiger partial charge in [0.25, 0.3) is 6.43 Å². The van der Waals surface area contributed by atoms with Crippen molar-refractivity contribution < 1.29 is 18.3 Å². The van der Waals surface area contributed by atoms with Gasteiger partial charge < -0.3 is 4.74 Å². The number of carbonyl (C=O) groups excluding carboxylic acids is 1. The normalized spacial score (nSPS) is 26.1. The Bertz CT molecular complexity index is 862. The lowest BCUT2D eigenvalue weighted by atomic mass is 9.76. The van der Waals surface area contributed by atoms with Crippen molar-refractivity contribution in [2.24, 2.45) is 12.5 Å². The Kier molecular flexibility index (Phi) is 3.30. The average molecular weight is 347 g/mol. The predicted octanol–water partition coefficient (Wildman–Crippen LogP) is 3.72. The summed E-state index contributed by atoms with van der Waals surface area (Å²) in [5.41, 5.74) is -0.0526. The van der Waals surface area contributed by atoms with Gasteiger partial charge in [-0.2, -0.15) is 5.10 Å². The van der Waals surface area contributed by atoms with E-state index in [1.54, 1.807) is 6.20 Å². The van der Waals surface area contributed by atoms with Crippen LogP contribution in [-0.2, 0) is 17.4 Å². The third-order valence-electron chi connectivity index (χ3n) is 5.85. The maximum atomic E-state index is 13.2. The molecular formula is C18H19F2N3O2. The summed E-state index contributed by atoms with van der Waals surface area (Å²) < 4.78 is 33.6. The van der Waals surface area contributed by atoms with E-state index in [0.717, 1.165) is 17.7 Å². The Balaban J connectivity index is 1.77. The van der Waals surface area contributed by atoms with Crippen LogP contribution >= 0.6 is 0 Å². The average Bonchev–Trinajstić information content (AvgIpc) is 3.12. The summed E-state index contributed by atoms with van der Waals surface area (Å²) in [6, 6.07) is 3.74. The van der Waals surface area contributed by atoms with E-state index in [0.29, 0.717) is 6.42 Å². The van der Waals surface area contributed by atoms with E-state index < -0.39 is 23.7 Å². The second-order valence-electron chi connectivity index (χ2n) is 7.37. The van der Waals surface area contributed by atoms with E-state index in [2.05, 4.69) is 23.9 Å². The van der Waals surface area contributed by atoms with Gasteiger partial charge in [-0.15, -0.1) is 0 Å². The van der Waals surface area contributed by atoms with Gasteiger partial charge in [0.2, 0.25) is 0 Å². The van der Waals surface area contributed by atoms with Gasteiger partial charge in [0.15, 0.2) is 0 Å². The number of aryl methyl sites for hydroxylation is 1.